The third kappa shape index (κ3) is 6.22. The van der Waals surface area contributed by atoms with E-state index >= 15 is 0 Å². The van der Waals surface area contributed by atoms with Crippen LogP contribution in [-0.4, -0.2) is 105 Å². The van der Waals surface area contributed by atoms with Crippen LogP contribution in [0.1, 0.15) is 20.7 Å². The summed E-state index contributed by atoms with van der Waals surface area (Å²) < 4.78 is 21.3. The van der Waals surface area contributed by atoms with Gasteiger partial charge in [-0.1, -0.05) is 0 Å². The van der Waals surface area contributed by atoms with Crippen molar-refractivity contribution >= 4 is 11.9 Å². The molecule has 0 aromatic heterocycles. The molecule has 0 spiro atoms. The molecule has 1 aliphatic heterocycles. The highest BCUT2D eigenvalue weighted by Crippen LogP contribution is 2.40. The Balaban J connectivity index is 1.59. The Labute approximate surface area is 239 Å². The van der Waals surface area contributed by atoms with Crippen LogP contribution in [0.5, 0.6) is 57.5 Å². The minimum atomic E-state index is -2.05. The van der Waals surface area contributed by atoms with Crippen molar-refractivity contribution in [2.45, 2.75) is 30.7 Å². The number of carbonyl (C=O) groups is 2. The summed E-state index contributed by atoms with van der Waals surface area (Å²) in [5.74, 6) is -10.8. The number of benzene rings is 3. The van der Waals surface area contributed by atoms with Crippen molar-refractivity contribution in [1.82, 2.24) is 0 Å². The molecule has 0 amide bonds. The molecule has 0 bridgehead atoms. The average Bonchev–Trinajstić information content (AvgIpc) is 2.95. The minimum absolute atomic E-state index is 0.409. The van der Waals surface area contributed by atoms with E-state index in [2.05, 4.69) is 0 Å². The van der Waals surface area contributed by atoms with Gasteiger partial charge in [-0.15, -0.1) is 0 Å². The highest BCUT2D eigenvalue weighted by Gasteiger charge is 2.49. The Morgan fingerprint density at radius 1 is 0.628 bits per heavy atom. The van der Waals surface area contributed by atoms with E-state index in [9.17, 15) is 65.8 Å². The van der Waals surface area contributed by atoms with Crippen LogP contribution in [0.3, 0.4) is 0 Å². The molecule has 5 unspecified atom stereocenters. The number of aliphatic hydroxyl groups excluding tert-OH is 2. The number of aromatic hydroxyl groups is 9. The van der Waals surface area contributed by atoms with Gasteiger partial charge in [-0.05, 0) is 24.3 Å². The lowest BCUT2D eigenvalue weighted by atomic mass is 9.99. The second-order valence-electron chi connectivity index (χ2n) is 9.15. The number of carbonyl (C=O) groups excluding carboxylic acids is 2. The molecule has 1 heterocycles. The number of phenols is 9. The van der Waals surface area contributed by atoms with Gasteiger partial charge < -0.3 is 75.1 Å². The van der Waals surface area contributed by atoms with Crippen molar-refractivity contribution in [3.8, 4) is 57.5 Å². The zero-order valence-electron chi connectivity index (χ0n) is 21.4. The molecule has 0 saturated carbocycles. The van der Waals surface area contributed by atoms with Gasteiger partial charge in [-0.25, -0.2) is 9.59 Å². The van der Waals surface area contributed by atoms with E-state index in [4.69, 9.17) is 18.9 Å². The molecule has 0 radical (unpaired) electrons. The number of esters is 2. The van der Waals surface area contributed by atoms with Crippen molar-refractivity contribution in [3.63, 3.8) is 0 Å². The SMILES string of the molecule is O=C(OCC1OC(Oc2cc(O)c(O)c(O)c2)C(OC(=O)c2cc(O)c(O)c(O)c2)C(O)C1O)c1cc(O)c(O)c(O)c1. The minimum Gasteiger partial charge on any atom is -0.504 e. The normalized spacial score (nSPS) is 21.6. The number of rotatable bonds is 7. The quantitative estimate of drug-likeness (QED) is 0.124. The Morgan fingerprint density at radius 2 is 1.05 bits per heavy atom. The van der Waals surface area contributed by atoms with Crippen LogP contribution in [0.4, 0.5) is 0 Å². The Morgan fingerprint density at radius 3 is 1.51 bits per heavy atom. The summed E-state index contributed by atoms with van der Waals surface area (Å²) in [6.07, 6.45) is -9.42. The van der Waals surface area contributed by atoms with Crippen molar-refractivity contribution in [1.29, 1.82) is 0 Å². The predicted molar refractivity (Wildman–Crippen MR) is 135 cm³/mol. The third-order valence-electron chi connectivity index (χ3n) is 6.17. The molecule has 0 aliphatic carbocycles. The standard InChI is InChI=1S/C26H24O17/c27-11-1-8(2-12(28)18(11)33)24(38)40-7-17-21(36)22(37)23(43-25(39)9-3-13(29)19(34)14(30)4-9)26(42-17)41-10-5-15(31)20(35)16(32)6-10/h1-6,17,21-23,26-37H,7H2. The largest absolute Gasteiger partial charge is 0.504 e. The first-order valence-electron chi connectivity index (χ1n) is 12.0. The lowest BCUT2D eigenvalue weighted by Crippen LogP contribution is -2.61. The fourth-order valence-corrected chi connectivity index (χ4v) is 3.92. The van der Waals surface area contributed by atoms with Gasteiger partial charge in [0, 0.05) is 12.1 Å². The van der Waals surface area contributed by atoms with Gasteiger partial charge in [-0.3, -0.25) is 0 Å². The van der Waals surface area contributed by atoms with Gasteiger partial charge in [0.25, 0.3) is 0 Å². The first kappa shape index (κ1) is 30.4. The van der Waals surface area contributed by atoms with Gasteiger partial charge in [0.05, 0.1) is 11.1 Å². The number of aliphatic hydroxyl groups is 2. The van der Waals surface area contributed by atoms with E-state index in [0.29, 0.717) is 0 Å². The van der Waals surface area contributed by atoms with E-state index in [-0.39, 0.29) is 0 Å². The highest BCUT2D eigenvalue weighted by atomic mass is 16.7. The second kappa shape index (κ2) is 11.8. The summed E-state index contributed by atoms with van der Waals surface area (Å²) in [7, 11) is 0. The van der Waals surface area contributed by atoms with Crippen LogP contribution in [-0.2, 0) is 14.2 Å². The molecule has 4 rings (SSSR count). The molecule has 1 saturated heterocycles. The third-order valence-corrected chi connectivity index (χ3v) is 6.17. The molecule has 5 atom stereocenters. The Kier molecular flexibility index (Phi) is 8.33. The fourth-order valence-electron chi connectivity index (χ4n) is 3.92. The monoisotopic (exact) mass is 608 g/mol. The summed E-state index contributed by atoms with van der Waals surface area (Å²) >= 11 is 0. The maximum Gasteiger partial charge on any atom is 0.339 e. The van der Waals surface area contributed by atoms with Crippen LogP contribution in [0.2, 0.25) is 0 Å². The first-order chi connectivity index (χ1) is 20.2. The van der Waals surface area contributed by atoms with E-state index in [0.717, 1.165) is 36.4 Å². The van der Waals surface area contributed by atoms with Crippen molar-refractivity contribution < 1.29 is 84.7 Å². The summed E-state index contributed by atoms with van der Waals surface area (Å²) in [6.45, 7) is -0.814. The van der Waals surface area contributed by atoms with E-state index in [1.165, 1.54) is 0 Å². The average molecular weight is 608 g/mol. The number of phenolic OH excluding ortho intramolecular Hbond substituents is 9. The fraction of sp³-hybridized carbons (Fsp3) is 0.231. The van der Waals surface area contributed by atoms with Gasteiger partial charge in [0.1, 0.15) is 30.7 Å². The molecule has 17 nitrogen and oxygen atoms in total. The van der Waals surface area contributed by atoms with Crippen molar-refractivity contribution in [2.75, 3.05) is 6.61 Å². The number of hydrogen-bond donors (Lipinski definition) is 11. The molecule has 1 fully saturated rings. The number of ether oxygens (including phenoxy) is 4. The Bertz CT molecular complexity index is 1480. The zero-order chi connectivity index (χ0) is 31.7. The predicted octanol–water partition coefficient (Wildman–Crippen LogP) is -0.0549. The second-order valence-corrected chi connectivity index (χ2v) is 9.15. The summed E-state index contributed by atoms with van der Waals surface area (Å²) in [5, 5.41) is 108. The van der Waals surface area contributed by atoms with Gasteiger partial charge in [-0.2, -0.15) is 0 Å². The van der Waals surface area contributed by atoms with E-state index < -0.39 is 118 Å². The summed E-state index contributed by atoms with van der Waals surface area (Å²) in [6, 6.07) is 4.60. The lowest BCUT2D eigenvalue weighted by Gasteiger charge is -2.41. The maximum absolute atomic E-state index is 12.8. The van der Waals surface area contributed by atoms with Crippen molar-refractivity contribution in [3.05, 3.63) is 47.5 Å². The summed E-state index contributed by atoms with van der Waals surface area (Å²) in [5.41, 5.74) is -0.946. The molecule has 11 N–H and O–H groups in total. The molecule has 43 heavy (non-hydrogen) atoms. The molecule has 3 aromatic rings. The topological polar surface area (TPSA) is 294 Å². The van der Waals surface area contributed by atoms with Crippen LogP contribution in [0.15, 0.2) is 36.4 Å². The molecule has 17 heteroatoms. The van der Waals surface area contributed by atoms with Crippen LogP contribution in [0, 0.1) is 0 Å². The van der Waals surface area contributed by atoms with E-state index in [1.54, 1.807) is 0 Å². The first-order valence-corrected chi connectivity index (χ1v) is 12.0. The highest BCUT2D eigenvalue weighted by molar-refractivity contribution is 5.91. The molecule has 1 aliphatic rings. The molecular formula is C26H24O17. The van der Waals surface area contributed by atoms with Gasteiger partial charge >= 0.3 is 11.9 Å². The lowest BCUT2D eigenvalue weighted by molar-refractivity contribution is -0.276. The maximum atomic E-state index is 12.8. The van der Waals surface area contributed by atoms with Crippen molar-refractivity contribution in [2.24, 2.45) is 0 Å². The molecular weight excluding hydrogens is 584 g/mol. The molecule has 3 aromatic carbocycles. The van der Waals surface area contributed by atoms with Gasteiger partial charge in [0.15, 0.2) is 52.1 Å². The zero-order valence-corrected chi connectivity index (χ0v) is 21.4. The van der Waals surface area contributed by atoms with Crippen LogP contribution in [0.25, 0.3) is 0 Å². The van der Waals surface area contributed by atoms with Crippen LogP contribution < -0.4 is 4.74 Å². The van der Waals surface area contributed by atoms with Gasteiger partial charge in [0.2, 0.25) is 12.0 Å². The Hall–Kier alpha value is -5.52. The summed E-state index contributed by atoms with van der Waals surface area (Å²) in [4.78, 5) is 25.2. The van der Waals surface area contributed by atoms with Crippen LogP contribution >= 0.6 is 0 Å². The smallest absolute Gasteiger partial charge is 0.339 e. The molecule has 230 valence electrons. The number of hydrogen-bond acceptors (Lipinski definition) is 17. The van der Waals surface area contributed by atoms with E-state index in [1.807, 2.05) is 0 Å².